The van der Waals surface area contributed by atoms with Crippen LogP contribution < -0.4 is 10.6 Å². The van der Waals surface area contributed by atoms with Gasteiger partial charge in [0, 0.05) is 24.6 Å². The fourth-order valence-electron chi connectivity index (χ4n) is 2.03. The molecule has 0 aliphatic heterocycles. The van der Waals surface area contributed by atoms with Gasteiger partial charge in [-0.2, -0.15) is 0 Å². The molecule has 0 heterocycles. The minimum Gasteiger partial charge on any atom is -0.354 e. The zero-order valence-electron chi connectivity index (χ0n) is 12.5. The van der Waals surface area contributed by atoms with Gasteiger partial charge < -0.3 is 10.6 Å². The Morgan fingerprint density at radius 3 is 2.70 bits per heavy atom. The van der Waals surface area contributed by atoms with E-state index < -0.39 is 0 Å². The van der Waals surface area contributed by atoms with Crippen LogP contribution in [0.1, 0.15) is 49.0 Å². The molecule has 1 atom stereocenters. The Bertz CT molecular complexity index is 458. The van der Waals surface area contributed by atoms with Gasteiger partial charge in [-0.25, -0.2) is 0 Å². The lowest BCUT2D eigenvalue weighted by molar-refractivity contribution is -0.121. The maximum atomic E-state index is 11.9. The van der Waals surface area contributed by atoms with Crippen molar-refractivity contribution in [1.29, 1.82) is 0 Å². The second kappa shape index (κ2) is 8.35. The molecule has 0 saturated heterocycles. The Balaban J connectivity index is 2.30. The first-order valence-electron chi connectivity index (χ1n) is 7.17. The summed E-state index contributed by atoms with van der Waals surface area (Å²) in [6.07, 6.45) is 2.33. The summed E-state index contributed by atoms with van der Waals surface area (Å²) in [5.41, 5.74) is 1.67. The number of hydrogen-bond acceptors (Lipinski definition) is 2. The van der Waals surface area contributed by atoms with Crippen molar-refractivity contribution >= 4 is 11.8 Å². The monoisotopic (exact) mass is 276 g/mol. The summed E-state index contributed by atoms with van der Waals surface area (Å²) >= 11 is 0. The number of amides is 2. The zero-order valence-corrected chi connectivity index (χ0v) is 12.5. The summed E-state index contributed by atoms with van der Waals surface area (Å²) in [6.45, 7) is 6.38. The number of benzene rings is 1. The highest BCUT2D eigenvalue weighted by Gasteiger charge is 2.08. The van der Waals surface area contributed by atoms with E-state index in [1.807, 2.05) is 32.0 Å². The first-order chi connectivity index (χ1) is 9.52. The van der Waals surface area contributed by atoms with Gasteiger partial charge in [0.15, 0.2) is 0 Å². The number of carbonyl (C=O) groups is 2. The van der Waals surface area contributed by atoms with Gasteiger partial charge in [0.2, 0.25) is 5.91 Å². The number of carbonyl (C=O) groups excluding carboxylic acids is 2. The molecule has 0 fully saturated rings. The molecule has 0 aliphatic carbocycles. The van der Waals surface area contributed by atoms with Crippen LogP contribution in [0.5, 0.6) is 0 Å². The highest BCUT2D eigenvalue weighted by Crippen LogP contribution is 2.03. The minimum absolute atomic E-state index is 0.0181. The fourth-order valence-corrected chi connectivity index (χ4v) is 2.03. The van der Waals surface area contributed by atoms with Gasteiger partial charge in [0.1, 0.15) is 0 Å². The second-order valence-electron chi connectivity index (χ2n) is 5.13. The van der Waals surface area contributed by atoms with Gasteiger partial charge in [0.25, 0.3) is 5.91 Å². The molecule has 1 aromatic rings. The van der Waals surface area contributed by atoms with Crippen molar-refractivity contribution in [3.63, 3.8) is 0 Å². The Morgan fingerprint density at radius 2 is 2.05 bits per heavy atom. The molecule has 1 rings (SSSR count). The summed E-state index contributed by atoms with van der Waals surface area (Å²) in [5, 5.41) is 5.68. The summed E-state index contributed by atoms with van der Waals surface area (Å²) in [7, 11) is 0. The zero-order chi connectivity index (χ0) is 15.0. The minimum atomic E-state index is -0.136. The lowest BCUT2D eigenvalue weighted by Crippen LogP contribution is -2.35. The topological polar surface area (TPSA) is 58.2 Å². The maximum Gasteiger partial charge on any atom is 0.251 e. The standard InChI is InChI=1S/C16H24N2O2/c1-4-6-13(3)18-15(19)9-10-17-16(20)14-8-5-7-12(2)11-14/h5,7-8,11,13H,4,6,9-10H2,1-3H3,(H,17,20)(H,18,19). The van der Waals surface area contributed by atoms with E-state index >= 15 is 0 Å². The molecule has 4 heteroatoms. The molecular weight excluding hydrogens is 252 g/mol. The Morgan fingerprint density at radius 1 is 1.30 bits per heavy atom. The summed E-state index contributed by atoms with van der Waals surface area (Å²) in [6, 6.07) is 7.59. The summed E-state index contributed by atoms with van der Waals surface area (Å²) < 4.78 is 0. The van der Waals surface area contributed by atoms with Crippen LogP contribution in [-0.2, 0) is 4.79 Å². The predicted molar refractivity (Wildman–Crippen MR) is 80.6 cm³/mol. The first kappa shape index (κ1) is 16.2. The molecule has 1 unspecified atom stereocenters. The van der Waals surface area contributed by atoms with E-state index in [1.165, 1.54) is 0 Å². The number of rotatable bonds is 7. The van der Waals surface area contributed by atoms with Crippen LogP contribution in [0.4, 0.5) is 0 Å². The van der Waals surface area contributed by atoms with Gasteiger partial charge in [-0.1, -0.05) is 31.0 Å². The number of hydrogen-bond donors (Lipinski definition) is 2. The van der Waals surface area contributed by atoms with Crippen LogP contribution in [0.15, 0.2) is 24.3 Å². The van der Waals surface area contributed by atoms with Crippen molar-refractivity contribution in [3.05, 3.63) is 35.4 Å². The van der Waals surface area contributed by atoms with E-state index in [9.17, 15) is 9.59 Å². The molecule has 4 nitrogen and oxygen atoms in total. The van der Waals surface area contributed by atoms with Crippen molar-refractivity contribution in [2.45, 2.75) is 46.1 Å². The Labute approximate surface area is 121 Å². The average Bonchev–Trinajstić information content (AvgIpc) is 2.38. The SMILES string of the molecule is CCCC(C)NC(=O)CCNC(=O)c1cccc(C)c1. The van der Waals surface area contributed by atoms with Crippen LogP contribution in [0.2, 0.25) is 0 Å². The van der Waals surface area contributed by atoms with Gasteiger partial charge in [-0.3, -0.25) is 9.59 Å². The molecule has 1 aromatic carbocycles. The highest BCUT2D eigenvalue weighted by atomic mass is 16.2. The van der Waals surface area contributed by atoms with Crippen LogP contribution in [0, 0.1) is 6.92 Å². The smallest absolute Gasteiger partial charge is 0.251 e. The highest BCUT2D eigenvalue weighted by molar-refractivity contribution is 5.94. The molecule has 0 bridgehead atoms. The first-order valence-corrected chi connectivity index (χ1v) is 7.17. The predicted octanol–water partition coefficient (Wildman–Crippen LogP) is 2.42. The van der Waals surface area contributed by atoms with E-state index in [2.05, 4.69) is 17.6 Å². The van der Waals surface area contributed by atoms with Gasteiger partial charge in [-0.05, 0) is 32.4 Å². The van der Waals surface area contributed by atoms with E-state index in [1.54, 1.807) is 6.07 Å². The molecule has 2 N–H and O–H groups in total. The molecule has 2 amide bonds. The third kappa shape index (κ3) is 5.87. The van der Waals surface area contributed by atoms with Crippen molar-refractivity contribution in [2.75, 3.05) is 6.54 Å². The van der Waals surface area contributed by atoms with Crippen LogP contribution in [0.3, 0.4) is 0 Å². The molecule has 0 aromatic heterocycles. The summed E-state index contributed by atoms with van der Waals surface area (Å²) in [5.74, 6) is -0.154. The van der Waals surface area contributed by atoms with Gasteiger partial charge in [0.05, 0.1) is 0 Å². The van der Waals surface area contributed by atoms with Crippen molar-refractivity contribution < 1.29 is 9.59 Å². The molecule has 110 valence electrons. The maximum absolute atomic E-state index is 11.9. The molecule has 20 heavy (non-hydrogen) atoms. The second-order valence-corrected chi connectivity index (χ2v) is 5.13. The van der Waals surface area contributed by atoms with Crippen LogP contribution in [0.25, 0.3) is 0 Å². The molecule has 0 saturated carbocycles. The Kier molecular flexibility index (Phi) is 6.77. The van der Waals surface area contributed by atoms with Crippen LogP contribution >= 0.6 is 0 Å². The van der Waals surface area contributed by atoms with Gasteiger partial charge in [-0.15, -0.1) is 0 Å². The number of aryl methyl sites for hydroxylation is 1. The molecular formula is C16H24N2O2. The van der Waals surface area contributed by atoms with E-state index in [-0.39, 0.29) is 17.9 Å². The third-order valence-electron chi connectivity index (χ3n) is 3.05. The lowest BCUT2D eigenvalue weighted by atomic mass is 10.1. The van der Waals surface area contributed by atoms with Crippen molar-refractivity contribution in [1.82, 2.24) is 10.6 Å². The average molecular weight is 276 g/mol. The van der Waals surface area contributed by atoms with E-state index in [0.717, 1.165) is 18.4 Å². The van der Waals surface area contributed by atoms with Crippen molar-refractivity contribution in [3.8, 4) is 0 Å². The van der Waals surface area contributed by atoms with E-state index in [4.69, 9.17) is 0 Å². The fraction of sp³-hybridized carbons (Fsp3) is 0.500. The van der Waals surface area contributed by atoms with Gasteiger partial charge >= 0.3 is 0 Å². The summed E-state index contributed by atoms with van der Waals surface area (Å²) in [4.78, 5) is 23.5. The largest absolute Gasteiger partial charge is 0.354 e. The van der Waals surface area contributed by atoms with Crippen molar-refractivity contribution in [2.24, 2.45) is 0 Å². The molecule has 0 spiro atoms. The van der Waals surface area contributed by atoms with Crippen LogP contribution in [-0.4, -0.2) is 24.4 Å². The quantitative estimate of drug-likeness (QED) is 0.803. The molecule has 0 aliphatic rings. The third-order valence-corrected chi connectivity index (χ3v) is 3.05. The Hall–Kier alpha value is -1.84. The number of nitrogens with one attached hydrogen (secondary N) is 2. The molecule has 0 radical (unpaired) electrons. The normalized spacial score (nSPS) is 11.8. The van der Waals surface area contributed by atoms with E-state index in [0.29, 0.717) is 18.5 Å². The lowest BCUT2D eigenvalue weighted by Gasteiger charge is -2.12.